The molecule has 1 aliphatic heterocycles. The van der Waals surface area contributed by atoms with Gasteiger partial charge in [0.15, 0.2) is 0 Å². The Morgan fingerprint density at radius 3 is 2.63 bits per heavy atom. The van der Waals surface area contributed by atoms with E-state index in [1.54, 1.807) is 0 Å². The zero-order valence-electron chi connectivity index (χ0n) is 13.4. The van der Waals surface area contributed by atoms with Crippen LogP contribution >= 0.6 is 0 Å². The molecule has 0 aromatic rings. The SMILES string of the molecule is CCNC1CCC(C)CC1N1CCN(C)C(CC)C1. The Morgan fingerprint density at radius 2 is 1.95 bits per heavy atom. The topological polar surface area (TPSA) is 18.5 Å². The third-order valence-corrected chi connectivity index (χ3v) is 5.29. The third kappa shape index (κ3) is 3.71. The minimum Gasteiger partial charge on any atom is -0.313 e. The van der Waals surface area contributed by atoms with Crippen molar-refractivity contribution >= 4 is 0 Å². The van der Waals surface area contributed by atoms with Gasteiger partial charge in [-0.15, -0.1) is 0 Å². The number of nitrogens with zero attached hydrogens (tertiary/aromatic N) is 2. The third-order valence-electron chi connectivity index (χ3n) is 5.29. The first kappa shape index (κ1) is 15.3. The second-order valence-electron chi connectivity index (χ2n) is 6.69. The molecule has 0 aromatic carbocycles. The molecule has 0 amide bonds. The van der Waals surface area contributed by atoms with Gasteiger partial charge in [0, 0.05) is 37.8 Å². The molecule has 4 unspecified atom stereocenters. The lowest BCUT2D eigenvalue weighted by atomic mass is 9.82. The van der Waals surface area contributed by atoms with E-state index in [4.69, 9.17) is 0 Å². The quantitative estimate of drug-likeness (QED) is 0.842. The van der Waals surface area contributed by atoms with Gasteiger partial charge in [-0.3, -0.25) is 4.90 Å². The highest BCUT2D eigenvalue weighted by Crippen LogP contribution is 2.29. The van der Waals surface area contributed by atoms with Crippen LogP contribution in [0, 0.1) is 5.92 Å². The molecule has 2 fully saturated rings. The summed E-state index contributed by atoms with van der Waals surface area (Å²) < 4.78 is 0. The fraction of sp³-hybridized carbons (Fsp3) is 1.00. The maximum atomic E-state index is 3.74. The lowest BCUT2D eigenvalue weighted by Crippen LogP contribution is -2.60. The number of nitrogens with one attached hydrogen (secondary N) is 1. The maximum absolute atomic E-state index is 3.74. The Kier molecular flexibility index (Phi) is 5.67. The fourth-order valence-electron chi connectivity index (χ4n) is 3.97. The summed E-state index contributed by atoms with van der Waals surface area (Å²) in [5.41, 5.74) is 0. The molecule has 1 N–H and O–H groups in total. The van der Waals surface area contributed by atoms with Gasteiger partial charge in [-0.1, -0.05) is 20.8 Å². The Labute approximate surface area is 119 Å². The largest absolute Gasteiger partial charge is 0.313 e. The highest BCUT2D eigenvalue weighted by atomic mass is 15.3. The summed E-state index contributed by atoms with van der Waals surface area (Å²) in [6, 6.07) is 2.25. The van der Waals surface area contributed by atoms with E-state index in [0.29, 0.717) is 0 Å². The van der Waals surface area contributed by atoms with Gasteiger partial charge >= 0.3 is 0 Å². The summed E-state index contributed by atoms with van der Waals surface area (Å²) in [4.78, 5) is 5.34. The van der Waals surface area contributed by atoms with Crippen molar-refractivity contribution in [2.24, 2.45) is 5.92 Å². The van der Waals surface area contributed by atoms with E-state index in [1.165, 1.54) is 45.3 Å². The molecule has 0 aromatic heterocycles. The normalized spacial score (nSPS) is 38.5. The van der Waals surface area contributed by atoms with Crippen molar-refractivity contribution in [2.75, 3.05) is 33.2 Å². The predicted molar refractivity (Wildman–Crippen MR) is 82.5 cm³/mol. The van der Waals surface area contributed by atoms with Gasteiger partial charge in [0.1, 0.15) is 0 Å². The van der Waals surface area contributed by atoms with Crippen LogP contribution < -0.4 is 5.32 Å². The summed E-state index contributed by atoms with van der Waals surface area (Å²) in [5.74, 6) is 0.902. The second-order valence-corrected chi connectivity index (χ2v) is 6.69. The van der Waals surface area contributed by atoms with Crippen molar-refractivity contribution in [1.29, 1.82) is 0 Å². The van der Waals surface area contributed by atoms with Crippen LogP contribution in [0.4, 0.5) is 0 Å². The zero-order chi connectivity index (χ0) is 13.8. The van der Waals surface area contributed by atoms with Crippen LogP contribution in [0.15, 0.2) is 0 Å². The lowest BCUT2D eigenvalue weighted by Gasteiger charge is -2.48. The van der Waals surface area contributed by atoms with Crippen LogP contribution in [0.1, 0.15) is 46.5 Å². The Bertz CT molecular complexity index is 269. The van der Waals surface area contributed by atoms with E-state index in [2.05, 4.69) is 42.9 Å². The molecule has 1 saturated carbocycles. The molecular weight excluding hydrogens is 234 g/mol. The molecule has 3 heteroatoms. The first-order valence-corrected chi connectivity index (χ1v) is 8.33. The van der Waals surface area contributed by atoms with Crippen molar-refractivity contribution in [1.82, 2.24) is 15.1 Å². The number of piperazine rings is 1. The average Bonchev–Trinajstić information content (AvgIpc) is 2.42. The van der Waals surface area contributed by atoms with E-state index in [1.807, 2.05) is 0 Å². The number of rotatable bonds is 4. The molecule has 1 aliphatic carbocycles. The van der Waals surface area contributed by atoms with E-state index in [0.717, 1.165) is 30.6 Å². The van der Waals surface area contributed by atoms with E-state index >= 15 is 0 Å². The first-order valence-electron chi connectivity index (χ1n) is 8.33. The number of likely N-dealkylation sites (N-methyl/N-ethyl adjacent to an activating group) is 2. The minimum atomic E-state index is 0.724. The number of hydrogen-bond acceptors (Lipinski definition) is 3. The molecule has 112 valence electrons. The molecule has 2 aliphatic rings. The van der Waals surface area contributed by atoms with E-state index < -0.39 is 0 Å². The maximum Gasteiger partial charge on any atom is 0.0253 e. The Hall–Kier alpha value is -0.120. The monoisotopic (exact) mass is 267 g/mol. The van der Waals surface area contributed by atoms with Gasteiger partial charge in [-0.25, -0.2) is 0 Å². The van der Waals surface area contributed by atoms with Crippen LogP contribution in [0.3, 0.4) is 0 Å². The smallest absolute Gasteiger partial charge is 0.0253 e. The molecule has 0 spiro atoms. The molecule has 3 nitrogen and oxygen atoms in total. The molecule has 1 heterocycles. The Morgan fingerprint density at radius 1 is 1.16 bits per heavy atom. The highest BCUT2D eigenvalue weighted by molar-refractivity contribution is 4.93. The van der Waals surface area contributed by atoms with Gasteiger partial charge in [0.25, 0.3) is 0 Å². The molecule has 0 radical (unpaired) electrons. The van der Waals surface area contributed by atoms with Crippen molar-refractivity contribution in [3.63, 3.8) is 0 Å². The van der Waals surface area contributed by atoms with Gasteiger partial charge in [0.2, 0.25) is 0 Å². The fourth-order valence-corrected chi connectivity index (χ4v) is 3.97. The highest BCUT2D eigenvalue weighted by Gasteiger charge is 2.35. The van der Waals surface area contributed by atoms with Crippen LogP contribution in [0.2, 0.25) is 0 Å². The second kappa shape index (κ2) is 7.05. The van der Waals surface area contributed by atoms with E-state index in [-0.39, 0.29) is 0 Å². The predicted octanol–water partition coefficient (Wildman–Crippen LogP) is 2.18. The lowest BCUT2D eigenvalue weighted by molar-refractivity contribution is 0.0272. The van der Waals surface area contributed by atoms with Crippen LogP contribution in [0.25, 0.3) is 0 Å². The summed E-state index contributed by atoms with van der Waals surface area (Å²) in [5, 5.41) is 3.74. The summed E-state index contributed by atoms with van der Waals surface area (Å²) in [7, 11) is 2.29. The van der Waals surface area contributed by atoms with Crippen molar-refractivity contribution in [3.05, 3.63) is 0 Å². The summed E-state index contributed by atoms with van der Waals surface area (Å²) >= 11 is 0. The van der Waals surface area contributed by atoms with Crippen molar-refractivity contribution in [2.45, 2.75) is 64.6 Å². The van der Waals surface area contributed by atoms with Crippen LogP contribution in [0.5, 0.6) is 0 Å². The van der Waals surface area contributed by atoms with Crippen LogP contribution in [-0.4, -0.2) is 61.2 Å². The Balaban J connectivity index is 2.00. The molecule has 19 heavy (non-hydrogen) atoms. The van der Waals surface area contributed by atoms with Gasteiger partial charge in [-0.05, 0) is 45.2 Å². The first-order chi connectivity index (χ1) is 9.15. The minimum absolute atomic E-state index is 0.724. The van der Waals surface area contributed by atoms with Gasteiger partial charge in [-0.2, -0.15) is 0 Å². The standard InChI is InChI=1S/C16H33N3/c1-5-14-12-19(10-9-18(14)4)16-11-13(3)7-8-15(16)17-6-2/h13-17H,5-12H2,1-4H3. The molecule has 2 rings (SSSR count). The molecule has 4 atom stereocenters. The van der Waals surface area contributed by atoms with Crippen molar-refractivity contribution in [3.8, 4) is 0 Å². The van der Waals surface area contributed by atoms with Crippen LogP contribution in [-0.2, 0) is 0 Å². The number of hydrogen-bond donors (Lipinski definition) is 1. The van der Waals surface area contributed by atoms with Gasteiger partial charge < -0.3 is 10.2 Å². The molecule has 1 saturated heterocycles. The van der Waals surface area contributed by atoms with Crippen molar-refractivity contribution < 1.29 is 0 Å². The van der Waals surface area contributed by atoms with Gasteiger partial charge in [0.05, 0.1) is 0 Å². The molecule has 0 bridgehead atoms. The summed E-state index contributed by atoms with van der Waals surface area (Å²) in [6.07, 6.45) is 5.43. The average molecular weight is 267 g/mol. The van der Waals surface area contributed by atoms with E-state index in [9.17, 15) is 0 Å². The summed E-state index contributed by atoms with van der Waals surface area (Å²) in [6.45, 7) is 11.9. The zero-order valence-corrected chi connectivity index (χ0v) is 13.4. The molecular formula is C16H33N3.